The highest BCUT2D eigenvalue weighted by Crippen LogP contribution is 2.24. The first-order chi connectivity index (χ1) is 8.15. The van der Waals surface area contributed by atoms with E-state index in [1.807, 2.05) is 17.8 Å². The summed E-state index contributed by atoms with van der Waals surface area (Å²) in [5.74, 6) is 0. The molecule has 0 saturated heterocycles. The van der Waals surface area contributed by atoms with Crippen molar-refractivity contribution in [3.05, 3.63) is 30.7 Å². The molecule has 17 heavy (non-hydrogen) atoms. The van der Waals surface area contributed by atoms with Gasteiger partial charge in [0, 0.05) is 30.7 Å². The number of imidazole rings is 1. The number of anilines is 1. The van der Waals surface area contributed by atoms with E-state index in [0.29, 0.717) is 5.69 Å². The fourth-order valence-corrected chi connectivity index (χ4v) is 2.20. The molecular weight excluding hydrogens is 260 g/mol. The zero-order chi connectivity index (χ0) is 12.3. The summed E-state index contributed by atoms with van der Waals surface area (Å²) in [6, 6.07) is 3.38. The van der Waals surface area contributed by atoms with Crippen molar-refractivity contribution in [2.24, 2.45) is 7.05 Å². The monoisotopic (exact) mass is 269 g/mol. The van der Waals surface area contributed by atoms with Crippen molar-refractivity contribution in [3.8, 4) is 0 Å². The standard InChI is InChI=1S/C9H10N4O2S2/c1-13-5-4-10-9(13)16-8-3-2-7(6-11-8)12-17(14)15/h2-6,12H,1H3,(H,14,15)/p-1. The zero-order valence-corrected chi connectivity index (χ0v) is 10.5. The van der Waals surface area contributed by atoms with Gasteiger partial charge in [-0.15, -0.1) is 0 Å². The first-order valence-corrected chi connectivity index (χ1v) is 6.51. The largest absolute Gasteiger partial charge is 0.755 e. The van der Waals surface area contributed by atoms with Crippen LogP contribution in [0.1, 0.15) is 0 Å². The lowest BCUT2D eigenvalue weighted by Gasteiger charge is -2.08. The van der Waals surface area contributed by atoms with Crippen molar-refractivity contribution in [2.75, 3.05) is 4.72 Å². The van der Waals surface area contributed by atoms with E-state index in [-0.39, 0.29) is 0 Å². The number of aromatic nitrogens is 3. The van der Waals surface area contributed by atoms with Crippen molar-refractivity contribution >= 4 is 28.7 Å². The molecule has 1 N–H and O–H groups in total. The molecule has 90 valence electrons. The lowest BCUT2D eigenvalue weighted by atomic mass is 10.4. The molecule has 2 aromatic rings. The number of hydrogen-bond acceptors (Lipinski definition) is 5. The average Bonchev–Trinajstić information content (AvgIpc) is 2.67. The molecule has 1 unspecified atom stereocenters. The van der Waals surface area contributed by atoms with Crippen molar-refractivity contribution in [3.63, 3.8) is 0 Å². The molecule has 0 amide bonds. The smallest absolute Gasteiger partial charge is 0.174 e. The topological polar surface area (TPSA) is 82.9 Å². The van der Waals surface area contributed by atoms with Gasteiger partial charge in [0.05, 0.1) is 11.9 Å². The third-order valence-electron chi connectivity index (χ3n) is 1.91. The van der Waals surface area contributed by atoms with Gasteiger partial charge >= 0.3 is 0 Å². The van der Waals surface area contributed by atoms with Gasteiger partial charge in [-0.2, -0.15) is 0 Å². The Morgan fingerprint density at radius 2 is 2.29 bits per heavy atom. The number of pyridine rings is 1. The molecule has 0 aromatic carbocycles. The van der Waals surface area contributed by atoms with Crippen molar-refractivity contribution in [1.82, 2.24) is 14.5 Å². The van der Waals surface area contributed by atoms with Crippen LogP contribution in [0.3, 0.4) is 0 Å². The highest BCUT2D eigenvalue weighted by atomic mass is 32.2. The van der Waals surface area contributed by atoms with Gasteiger partial charge in [0.2, 0.25) is 0 Å². The summed E-state index contributed by atoms with van der Waals surface area (Å²) in [6.07, 6.45) is 5.01. The summed E-state index contributed by atoms with van der Waals surface area (Å²) >= 11 is -0.914. The van der Waals surface area contributed by atoms with Crippen LogP contribution in [0.5, 0.6) is 0 Å². The molecular formula is C9H9N4O2S2-. The Balaban J connectivity index is 2.08. The van der Waals surface area contributed by atoms with Crippen molar-refractivity contribution in [1.29, 1.82) is 0 Å². The predicted octanol–water partition coefficient (Wildman–Crippen LogP) is 1.17. The van der Waals surface area contributed by atoms with Gasteiger partial charge in [-0.25, -0.2) is 9.97 Å². The Kier molecular flexibility index (Phi) is 3.77. The van der Waals surface area contributed by atoms with Crippen LogP contribution in [-0.2, 0) is 18.3 Å². The SMILES string of the molecule is Cn1ccnc1Sc1ccc(NS(=O)[O-])cn1. The molecule has 6 nitrogen and oxygen atoms in total. The molecule has 1 atom stereocenters. The summed E-state index contributed by atoms with van der Waals surface area (Å²) in [6.45, 7) is 0. The van der Waals surface area contributed by atoms with E-state index in [0.717, 1.165) is 10.2 Å². The van der Waals surface area contributed by atoms with Gasteiger partial charge < -0.3 is 13.8 Å². The van der Waals surface area contributed by atoms with Gasteiger partial charge in [0.15, 0.2) is 5.16 Å². The molecule has 2 heterocycles. The van der Waals surface area contributed by atoms with E-state index in [9.17, 15) is 8.76 Å². The van der Waals surface area contributed by atoms with Crippen LogP contribution >= 0.6 is 11.8 Å². The third kappa shape index (κ3) is 3.29. The predicted molar refractivity (Wildman–Crippen MR) is 64.1 cm³/mol. The van der Waals surface area contributed by atoms with Gasteiger partial charge in [-0.1, -0.05) is 0 Å². The first-order valence-electron chi connectivity index (χ1n) is 4.62. The highest BCUT2D eigenvalue weighted by molar-refractivity contribution is 7.99. The molecule has 0 saturated carbocycles. The first kappa shape index (κ1) is 12.1. The fraction of sp³-hybridized carbons (Fsp3) is 0.111. The van der Waals surface area contributed by atoms with E-state index in [4.69, 9.17) is 0 Å². The van der Waals surface area contributed by atoms with Crippen LogP contribution in [0.25, 0.3) is 0 Å². The number of hydrogen-bond donors (Lipinski definition) is 1. The quantitative estimate of drug-likeness (QED) is 0.842. The molecule has 0 fully saturated rings. The molecule has 0 radical (unpaired) electrons. The van der Waals surface area contributed by atoms with Gasteiger partial charge in [-0.3, -0.25) is 4.21 Å². The van der Waals surface area contributed by atoms with Gasteiger partial charge in [-0.05, 0) is 23.9 Å². The van der Waals surface area contributed by atoms with Crippen LogP contribution in [0.2, 0.25) is 0 Å². The molecule has 0 aliphatic carbocycles. The maximum Gasteiger partial charge on any atom is 0.174 e. The molecule has 2 aromatic heterocycles. The third-order valence-corrected chi connectivity index (χ3v) is 3.34. The molecule has 0 bridgehead atoms. The normalized spacial score (nSPS) is 12.4. The zero-order valence-electron chi connectivity index (χ0n) is 8.86. The van der Waals surface area contributed by atoms with Crippen LogP contribution < -0.4 is 4.72 Å². The van der Waals surface area contributed by atoms with E-state index in [1.54, 1.807) is 18.3 Å². The second-order valence-electron chi connectivity index (χ2n) is 3.14. The van der Waals surface area contributed by atoms with Crippen molar-refractivity contribution in [2.45, 2.75) is 10.2 Å². The van der Waals surface area contributed by atoms with Gasteiger partial charge in [0.25, 0.3) is 0 Å². The molecule has 0 aliphatic rings. The molecule has 0 aliphatic heterocycles. The second-order valence-corrected chi connectivity index (χ2v) is 4.81. The molecule has 2 rings (SSSR count). The summed E-state index contributed by atoms with van der Waals surface area (Å²) in [5.41, 5.74) is 0.433. The van der Waals surface area contributed by atoms with Crippen molar-refractivity contribution < 1.29 is 8.76 Å². The van der Waals surface area contributed by atoms with E-state index in [1.165, 1.54) is 18.0 Å². The summed E-state index contributed by atoms with van der Waals surface area (Å²) in [5, 5.41) is 1.58. The molecule has 8 heteroatoms. The average molecular weight is 269 g/mol. The lowest BCUT2D eigenvalue weighted by Crippen LogP contribution is -2.02. The van der Waals surface area contributed by atoms with Crippen LogP contribution in [0.4, 0.5) is 5.69 Å². The molecule has 0 spiro atoms. The Morgan fingerprint density at radius 3 is 2.82 bits per heavy atom. The number of aryl methyl sites for hydroxylation is 1. The van der Waals surface area contributed by atoms with Gasteiger partial charge in [0.1, 0.15) is 5.03 Å². The maximum atomic E-state index is 10.4. The summed E-state index contributed by atoms with van der Waals surface area (Å²) in [7, 11) is 1.89. The Labute approximate surface area is 105 Å². The minimum Gasteiger partial charge on any atom is -0.755 e. The Hall–Kier alpha value is -1.38. The van der Waals surface area contributed by atoms with Crippen LogP contribution in [0, 0.1) is 0 Å². The fourth-order valence-electron chi connectivity index (χ4n) is 1.14. The highest BCUT2D eigenvalue weighted by Gasteiger charge is 2.03. The Bertz CT molecular complexity index is 526. The van der Waals surface area contributed by atoms with Crippen LogP contribution in [-0.4, -0.2) is 23.3 Å². The summed E-state index contributed by atoms with van der Waals surface area (Å²) in [4.78, 5) is 8.28. The van der Waals surface area contributed by atoms with E-state index < -0.39 is 11.3 Å². The minimum atomic E-state index is -2.32. The maximum absolute atomic E-state index is 10.4. The number of rotatable bonds is 4. The van der Waals surface area contributed by atoms with E-state index in [2.05, 4.69) is 14.7 Å². The second kappa shape index (κ2) is 5.30. The lowest BCUT2D eigenvalue weighted by molar-refractivity contribution is 0.542. The number of nitrogens with one attached hydrogen (secondary N) is 1. The minimum absolute atomic E-state index is 0.433. The Morgan fingerprint density at radius 1 is 1.47 bits per heavy atom. The van der Waals surface area contributed by atoms with E-state index >= 15 is 0 Å². The van der Waals surface area contributed by atoms with Crippen LogP contribution in [0.15, 0.2) is 40.9 Å². The number of nitrogens with zero attached hydrogens (tertiary/aromatic N) is 3. The summed E-state index contributed by atoms with van der Waals surface area (Å²) < 4.78 is 24.9.